The molecule has 134 valence electrons. The zero-order valence-corrected chi connectivity index (χ0v) is 15.3. The molecule has 0 amide bonds. The molecule has 0 spiro atoms. The molecular formula is C20H24O5. The number of esters is 1. The summed E-state index contributed by atoms with van der Waals surface area (Å²) in [5.74, 6) is 1.21. The van der Waals surface area contributed by atoms with E-state index in [-0.39, 0.29) is 19.0 Å². The highest BCUT2D eigenvalue weighted by Crippen LogP contribution is 2.38. The normalized spacial score (nSPS) is 10.3. The largest absolute Gasteiger partial charge is 0.493 e. The SMILES string of the molecule is COc1cc(CC(=O)OCc2cc(C)ccc2C)cc(OC)c1OC. The van der Waals surface area contributed by atoms with Crippen LogP contribution in [0, 0.1) is 13.8 Å². The summed E-state index contributed by atoms with van der Waals surface area (Å²) < 4.78 is 21.3. The Balaban J connectivity index is 2.08. The van der Waals surface area contributed by atoms with Gasteiger partial charge in [0.25, 0.3) is 0 Å². The summed E-state index contributed by atoms with van der Waals surface area (Å²) in [6.45, 7) is 4.28. The predicted molar refractivity (Wildman–Crippen MR) is 95.5 cm³/mol. The Labute approximate surface area is 148 Å². The van der Waals surface area contributed by atoms with Crippen LogP contribution in [0.25, 0.3) is 0 Å². The van der Waals surface area contributed by atoms with Gasteiger partial charge in [-0.2, -0.15) is 0 Å². The molecular weight excluding hydrogens is 320 g/mol. The molecule has 0 heterocycles. The van der Waals surface area contributed by atoms with Crippen LogP contribution in [0.2, 0.25) is 0 Å². The lowest BCUT2D eigenvalue weighted by atomic mass is 10.1. The van der Waals surface area contributed by atoms with Crippen molar-refractivity contribution in [1.82, 2.24) is 0 Å². The van der Waals surface area contributed by atoms with Crippen molar-refractivity contribution >= 4 is 5.97 Å². The monoisotopic (exact) mass is 344 g/mol. The minimum atomic E-state index is -0.310. The lowest BCUT2D eigenvalue weighted by Gasteiger charge is -2.14. The average Bonchev–Trinajstić information content (AvgIpc) is 2.61. The highest BCUT2D eigenvalue weighted by atomic mass is 16.5. The van der Waals surface area contributed by atoms with Crippen LogP contribution in [0.5, 0.6) is 17.2 Å². The van der Waals surface area contributed by atoms with Gasteiger partial charge in [-0.1, -0.05) is 23.8 Å². The summed E-state index contributed by atoms with van der Waals surface area (Å²) in [5, 5.41) is 0. The first-order chi connectivity index (χ1) is 12.0. The van der Waals surface area contributed by atoms with E-state index in [1.807, 2.05) is 32.0 Å². The van der Waals surface area contributed by atoms with E-state index >= 15 is 0 Å². The van der Waals surface area contributed by atoms with Crippen LogP contribution in [0.4, 0.5) is 0 Å². The molecule has 0 radical (unpaired) electrons. The van der Waals surface area contributed by atoms with Gasteiger partial charge in [0.15, 0.2) is 11.5 Å². The predicted octanol–water partition coefficient (Wildman–Crippen LogP) is 3.62. The molecule has 2 aromatic rings. The standard InChI is InChI=1S/C20H24O5/c1-13-6-7-14(2)16(8-13)12-25-19(21)11-15-9-17(22-3)20(24-5)18(10-15)23-4/h6-10H,11-12H2,1-5H3. The molecule has 25 heavy (non-hydrogen) atoms. The molecule has 0 unspecified atom stereocenters. The van der Waals surface area contributed by atoms with Crippen molar-refractivity contribution in [3.63, 3.8) is 0 Å². The van der Waals surface area contributed by atoms with Crippen LogP contribution in [-0.4, -0.2) is 27.3 Å². The molecule has 0 aromatic heterocycles. The van der Waals surface area contributed by atoms with E-state index in [0.717, 1.165) is 22.3 Å². The lowest BCUT2D eigenvalue weighted by Crippen LogP contribution is -2.09. The van der Waals surface area contributed by atoms with E-state index in [9.17, 15) is 4.79 Å². The van der Waals surface area contributed by atoms with E-state index in [1.54, 1.807) is 33.5 Å². The van der Waals surface area contributed by atoms with Gasteiger partial charge < -0.3 is 18.9 Å². The third-order valence-electron chi connectivity index (χ3n) is 3.97. The number of methoxy groups -OCH3 is 3. The van der Waals surface area contributed by atoms with Gasteiger partial charge in [-0.05, 0) is 42.7 Å². The van der Waals surface area contributed by atoms with Crippen LogP contribution in [0.15, 0.2) is 30.3 Å². The first kappa shape index (κ1) is 18.6. The van der Waals surface area contributed by atoms with E-state index < -0.39 is 0 Å². The third-order valence-corrected chi connectivity index (χ3v) is 3.97. The third kappa shape index (κ3) is 4.66. The summed E-state index contributed by atoms with van der Waals surface area (Å²) in [6.07, 6.45) is 0.127. The molecule has 0 bridgehead atoms. The van der Waals surface area contributed by atoms with Gasteiger partial charge in [0, 0.05) is 0 Å². The van der Waals surface area contributed by atoms with Gasteiger partial charge in [-0.15, -0.1) is 0 Å². The molecule has 2 aromatic carbocycles. The number of aryl methyl sites for hydroxylation is 2. The molecule has 0 aliphatic heterocycles. The Kier molecular flexibility index (Phi) is 6.28. The summed E-state index contributed by atoms with van der Waals surface area (Å²) in [5.41, 5.74) is 3.99. The van der Waals surface area contributed by atoms with E-state index in [0.29, 0.717) is 17.2 Å². The second-order valence-corrected chi connectivity index (χ2v) is 5.80. The number of carbonyl (C=O) groups is 1. The molecule has 2 rings (SSSR count). The van der Waals surface area contributed by atoms with E-state index in [2.05, 4.69) is 0 Å². The number of carbonyl (C=O) groups excluding carboxylic acids is 1. The first-order valence-electron chi connectivity index (χ1n) is 7.99. The van der Waals surface area contributed by atoms with Crippen molar-refractivity contribution in [2.45, 2.75) is 26.9 Å². The molecule has 0 atom stereocenters. The Hall–Kier alpha value is -2.69. The van der Waals surface area contributed by atoms with Crippen LogP contribution >= 0.6 is 0 Å². The topological polar surface area (TPSA) is 54.0 Å². The van der Waals surface area contributed by atoms with E-state index in [4.69, 9.17) is 18.9 Å². The Bertz CT molecular complexity index is 727. The zero-order valence-electron chi connectivity index (χ0n) is 15.3. The highest BCUT2D eigenvalue weighted by Gasteiger charge is 2.15. The Morgan fingerprint density at radius 1 is 0.920 bits per heavy atom. The smallest absolute Gasteiger partial charge is 0.310 e. The lowest BCUT2D eigenvalue weighted by molar-refractivity contribution is -0.144. The van der Waals surface area contributed by atoms with Gasteiger partial charge in [-0.3, -0.25) is 4.79 Å². The first-order valence-corrected chi connectivity index (χ1v) is 7.99. The zero-order chi connectivity index (χ0) is 18.4. The molecule has 0 N–H and O–H groups in total. The van der Waals surface area contributed by atoms with Gasteiger partial charge in [0.2, 0.25) is 5.75 Å². The minimum Gasteiger partial charge on any atom is -0.493 e. The molecule has 0 aliphatic carbocycles. The molecule has 0 fully saturated rings. The van der Waals surface area contributed by atoms with Crippen LogP contribution in [0.1, 0.15) is 22.3 Å². The van der Waals surface area contributed by atoms with Crippen molar-refractivity contribution in [3.8, 4) is 17.2 Å². The number of hydrogen-bond acceptors (Lipinski definition) is 5. The van der Waals surface area contributed by atoms with Gasteiger partial charge in [-0.25, -0.2) is 0 Å². The van der Waals surface area contributed by atoms with Crippen LogP contribution < -0.4 is 14.2 Å². The highest BCUT2D eigenvalue weighted by molar-refractivity contribution is 5.73. The van der Waals surface area contributed by atoms with Crippen molar-refractivity contribution in [2.24, 2.45) is 0 Å². The maximum Gasteiger partial charge on any atom is 0.310 e. The van der Waals surface area contributed by atoms with Gasteiger partial charge in [0.1, 0.15) is 6.61 Å². The Morgan fingerprint density at radius 3 is 2.12 bits per heavy atom. The Morgan fingerprint density at radius 2 is 1.56 bits per heavy atom. The quantitative estimate of drug-likeness (QED) is 0.718. The molecule has 0 aliphatic rings. The van der Waals surface area contributed by atoms with E-state index in [1.165, 1.54) is 0 Å². The van der Waals surface area contributed by atoms with Crippen LogP contribution in [0.3, 0.4) is 0 Å². The van der Waals surface area contributed by atoms with Crippen molar-refractivity contribution in [3.05, 3.63) is 52.6 Å². The fourth-order valence-electron chi connectivity index (χ4n) is 2.57. The van der Waals surface area contributed by atoms with Crippen LogP contribution in [-0.2, 0) is 22.6 Å². The second kappa shape index (κ2) is 8.42. The van der Waals surface area contributed by atoms with Crippen molar-refractivity contribution in [1.29, 1.82) is 0 Å². The number of ether oxygens (including phenoxy) is 4. The molecule has 5 heteroatoms. The minimum absolute atomic E-state index is 0.127. The summed E-state index contributed by atoms with van der Waals surface area (Å²) in [7, 11) is 4.62. The molecule has 0 saturated carbocycles. The van der Waals surface area contributed by atoms with Gasteiger partial charge in [0.05, 0.1) is 27.8 Å². The maximum atomic E-state index is 12.2. The summed E-state index contributed by atoms with van der Waals surface area (Å²) in [6, 6.07) is 9.59. The van der Waals surface area contributed by atoms with Gasteiger partial charge >= 0.3 is 5.97 Å². The number of benzene rings is 2. The molecule has 5 nitrogen and oxygen atoms in total. The summed E-state index contributed by atoms with van der Waals surface area (Å²) in [4.78, 5) is 12.2. The fourth-order valence-corrected chi connectivity index (χ4v) is 2.57. The maximum absolute atomic E-state index is 12.2. The van der Waals surface area contributed by atoms with Crippen molar-refractivity contribution in [2.75, 3.05) is 21.3 Å². The second-order valence-electron chi connectivity index (χ2n) is 5.80. The number of rotatable bonds is 7. The average molecular weight is 344 g/mol. The fraction of sp³-hybridized carbons (Fsp3) is 0.350. The number of hydrogen-bond donors (Lipinski definition) is 0. The summed E-state index contributed by atoms with van der Waals surface area (Å²) >= 11 is 0. The molecule has 0 saturated heterocycles. The van der Waals surface area contributed by atoms with Crippen molar-refractivity contribution < 1.29 is 23.7 Å².